The van der Waals surface area contributed by atoms with Gasteiger partial charge in [0.2, 0.25) is 0 Å². The average Bonchev–Trinajstić information content (AvgIpc) is 2.97. The van der Waals surface area contributed by atoms with E-state index in [2.05, 4.69) is 15.6 Å². The molecule has 1 aromatic heterocycles. The van der Waals surface area contributed by atoms with Crippen molar-refractivity contribution in [1.29, 1.82) is 0 Å². The highest BCUT2D eigenvalue weighted by Gasteiger charge is 2.22. The van der Waals surface area contributed by atoms with E-state index in [0.29, 0.717) is 20.6 Å². The third kappa shape index (κ3) is 2.97. The molecule has 3 rings (SSSR count). The summed E-state index contributed by atoms with van der Waals surface area (Å²) in [5.41, 5.74) is 0.965. The first-order valence-electron chi connectivity index (χ1n) is 5.65. The number of thiocarbonyl (C=S) groups is 1. The minimum absolute atomic E-state index is 0.216. The molecule has 21 heavy (non-hydrogen) atoms. The minimum Gasteiger partial charge on any atom is -0.307 e. The summed E-state index contributed by atoms with van der Waals surface area (Å²) in [5, 5.41) is 10.6. The summed E-state index contributed by atoms with van der Waals surface area (Å²) in [6, 6.07) is 3.96. The highest BCUT2D eigenvalue weighted by Crippen LogP contribution is 2.26. The van der Waals surface area contributed by atoms with Crippen molar-refractivity contribution in [3.05, 3.63) is 45.8 Å². The topological polar surface area (TPSA) is 59.8 Å². The van der Waals surface area contributed by atoms with E-state index in [-0.39, 0.29) is 10.9 Å². The molecule has 1 amide bonds. The van der Waals surface area contributed by atoms with Crippen LogP contribution in [0.4, 0.5) is 4.39 Å². The number of nitrogens with one attached hydrogen (secondary N) is 1. The van der Waals surface area contributed by atoms with Crippen LogP contribution < -0.4 is 5.32 Å². The molecular weight excluding hydrogens is 335 g/mol. The molecule has 1 aliphatic heterocycles. The Morgan fingerprint density at radius 2 is 2.29 bits per heavy atom. The lowest BCUT2D eigenvalue weighted by Gasteiger charge is -2.02. The van der Waals surface area contributed by atoms with Crippen molar-refractivity contribution in [2.24, 2.45) is 0 Å². The summed E-state index contributed by atoms with van der Waals surface area (Å²) >= 11 is 12.0. The van der Waals surface area contributed by atoms with Gasteiger partial charge >= 0.3 is 0 Å². The predicted octanol–water partition coefficient (Wildman–Crippen LogP) is 2.55. The molecule has 0 unspecified atom stereocenters. The van der Waals surface area contributed by atoms with Crippen LogP contribution in [0.25, 0.3) is 11.8 Å². The summed E-state index contributed by atoms with van der Waals surface area (Å²) < 4.78 is 14.8. The first-order chi connectivity index (χ1) is 10.0. The molecule has 0 radical (unpaired) electrons. The van der Waals surface area contributed by atoms with Crippen molar-refractivity contribution in [3.8, 4) is 5.69 Å². The molecule has 0 saturated carbocycles. The normalized spacial score (nSPS) is 16.6. The zero-order chi connectivity index (χ0) is 15.0. The van der Waals surface area contributed by atoms with Crippen molar-refractivity contribution in [2.45, 2.75) is 0 Å². The molecular formula is C12H6ClFN4OS2. The van der Waals surface area contributed by atoms with Crippen LogP contribution in [0, 0.1) is 5.82 Å². The van der Waals surface area contributed by atoms with Gasteiger partial charge in [0.1, 0.15) is 15.8 Å². The zero-order valence-electron chi connectivity index (χ0n) is 10.2. The highest BCUT2D eigenvalue weighted by molar-refractivity contribution is 8.26. The number of benzene rings is 1. The fourth-order valence-electron chi connectivity index (χ4n) is 1.68. The number of rotatable bonds is 2. The Bertz CT molecular complexity index is 789. The van der Waals surface area contributed by atoms with Crippen molar-refractivity contribution in [3.63, 3.8) is 0 Å². The van der Waals surface area contributed by atoms with Crippen molar-refractivity contribution >= 4 is 51.9 Å². The Labute approximate surface area is 133 Å². The predicted molar refractivity (Wildman–Crippen MR) is 82.6 cm³/mol. The maximum absolute atomic E-state index is 13.0. The van der Waals surface area contributed by atoms with Crippen LogP contribution in [0.15, 0.2) is 29.3 Å². The molecule has 0 atom stereocenters. The summed E-state index contributed by atoms with van der Waals surface area (Å²) in [4.78, 5) is 12.0. The van der Waals surface area contributed by atoms with Crippen LogP contribution in [-0.2, 0) is 4.79 Å². The summed E-state index contributed by atoms with van der Waals surface area (Å²) in [5.74, 6) is -0.696. The Balaban J connectivity index is 1.92. The molecule has 1 aliphatic rings. The quantitative estimate of drug-likeness (QED) is 0.672. The summed E-state index contributed by atoms with van der Waals surface area (Å²) in [7, 11) is 0. The average molecular weight is 341 g/mol. The number of aromatic nitrogens is 3. The van der Waals surface area contributed by atoms with E-state index in [1.165, 1.54) is 22.9 Å². The van der Waals surface area contributed by atoms with E-state index in [0.717, 1.165) is 11.8 Å². The second kappa shape index (κ2) is 5.55. The number of thioether (sulfide) groups is 1. The van der Waals surface area contributed by atoms with Crippen LogP contribution >= 0.6 is 35.6 Å². The van der Waals surface area contributed by atoms with Crippen molar-refractivity contribution < 1.29 is 9.18 Å². The van der Waals surface area contributed by atoms with Gasteiger partial charge in [-0.3, -0.25) is 4.79 Å². The van der Waals surface area contributed by atoms with E-state index < -0.39 is 5.82 Å². The number of amides is 1. The second-order valence-corrected chi connectivity index (χ2v) is 6.16. The van der Waals surface area contributed by atoms with Gasteiger partial charge in [-0.25, -0.2) is 9.07 Å². The molecule has 0 spiro atoms. The molecule has 1 N–H and O–H groups in total. The largest absolute Gasteiger partial charge is 0.307 e. The Morgan fingerprint density at radius 1 is 1.48 bits per heavy atom. The van der Waals surface area contributed by atoms with Gasteiger partial charge in [0.25, 0.3) is 5.91 Å². The number of hydrogen-bond donors (Lipinski definition) is 1. The minimum atomic E-state index is -0.432. The Hall–Kier alpha value is -1.77. The SMILES string of the molecule is O=C1NC(=S)S/C1=C\c1cn(-c2ccc(F)cc2Cl)nn1. The monoisotopic (exact) mass is 340 g/mol. The fourth-order valence-corrected chi connectivity index (χ4v) is 2.97. The molecule has 106 valence electrons. The number of halogens is 2. The van der Waals surface area contributed by atoms with Gasteiger partial charge in [-0.2, -0.15) is 0 Å². The Kier molecular flexibility index (Phi) is 3.75. The van der Waals surface area contributed by atoms with Gasteiger partial charge < -0.3 is 5.32 Å². The molecule has 1 aromatic carbocycles. The van der Waals surface area contributed by atoms with Crippen LogP contribution in [0.2, 0.25) is 5.02 Å². The molecule has 0 bridgehead atoms. The third-order valence-corrected chi connectivity index (χ3v) is 4.05. The number of nitrogens with zero attached hydrogens (tertiary/aromatic N) is 3. The van der Waals surface area contributed by atoms with Gasteiger partial charge in [0, 0.05) is 0 Å². The molecule has 5 nitrogen and oxygen atoms in total. The van der Waals surface area contributed by atoms with Crippen LogP contribution in [-0.4, -0.2) is 25.2 Å². The maximum atomic E-state index is 13.0. The highest BCUT2D eigenvalue weighted by atomic mass is 35.5. The van der Waals surface area contributed by atoms with Gasteiger partial charge in [-0.1, -0.05) is 40.8 Å². The zero-order valence-corrected chi connectivity index (χ0v) is 12.6. The smallest absolute Gasteiger partial charge is 0.263 e. The number of hydrogen-bond acceptors (Lipinski definition) is 5. The molecule has 9 heteroatoms. The Morgan fingerprint density at radius 3 is 2.95 bits per heavy atom. The molecule has 2 aromatic rings. The van der Waals surface area contributed by atoms with E-state index in [1.54, 1.807) is 12.3 Å². The molecule has 2 heterocycles. The van der Waals surface area contributed by atoms with Gasteiger partial charge in [0.15, 0.2) is 0 Å². The lowest BCUT2D eigenvalue weighted by Crippen LogP contribution is -2.17. The lowest BCUT2D eigenvalue weighted by molar-refractivity contribution is -0.115. The van der Waals surface area contributed by atoms with Crippen molar-refractivity contribution in [1.82, 2.24) is 20.3 Å². The van der Waals surface area contributed by atoms with Gasteiger partial charge in [0.05, 0.1) is 21.8 Å². The van der Waals surface area contributed by atoms with Crippen molar-refractivity contribution in [2.75, 3.05) is 0 Å². The molecule has 1 saturated heterocycles. The summed E-state index contributed by atoms with van der Waals surface area (Å²) in [6.45, 7) is 0. The maximum Gasteiger partial charge on any atom is 0.263 e. The van der Waals surface area contributed by atoms with Gasteiger partial charge in [-0.05, 0) is 24.3 Å². The van der Waals surface area contributed by atoms with E-state index in [4.69, 9.17) is 23.8 Å². The first-order valence-corrected chi connectivity index (χ1v) is 7.26. The van der Waals surface area contributed by atoms with Crippen LogP contribution in [0.5, 0.6) is 0 Å². The first kappa shape index (κ1) is 14.2. The lowest BCUT2D eigenvalue weighted by atomic mass is 10.3. The number of carbonyl (C=O) groups excluding carboxylic acids is 1. The summed E-state index contributed by atoms with van der Waals surface area (Å²) in [6.07, 6.45) is 3.15. The molecule has 1 fully saturated rings. The van der Waals surface area contributed by atoms with E-state index in [1.807, 2.05) is 0 Å². The number of carbonyl (C=O) groups is 1. The van der Waals surface area contributed by atoms with E-state index in [9.17, 15) is 9.18 Å². The molecule has 0 aliphatic carbocycles. The van der Waals surface area contributed by atoms with Crippen LogP contribution in [0.1, 0.15) is 5.69 Å². The standard InChI is InChI=1S/C12H6ClFN4OS2/c13-8-3-6(14)1-2-9(8)18-5-7(16-17-18)4-10-11(19)15-12(20)21-10/h1-5H,(H,15,19,20)/b10-4-. The second-order valence-electron chi connectivity index (χ2n) is 4.04. The van der Waals surface area contributed by atoms with E-state index >= 15 is 0 Å². The van der Waals surface area contributed by atoms with Crippen LogP contribution in [0.3, 0.4) is 0 Å². The fraction of sp³-hybridized carbons (Fsp3) is 0. The van der Waals surface area contributed by atoms with Gasteiger partial charge in [-0.15, -0.1) is 5.10 Å². The third-order valence-electron chi connectivity index (χ3n) is 2.59.